The van der Waals surface area contributed by atoms with E-state index in [-0.39, 0.29) is 30.7 Å². The number of aliphatic hydroxyl groups excluding tert-OH is 1. The second kappa shape index (κ2) is 6.86. The molecule has 27 heavy (non-hydrogen) atoms. The Labute approximate surface area is 160 Å². The molecule has 1 saturated carbocycles. The number of H-pyrrole nitrogens is 1. The summed E-state index contributed by atoms with van der Waals surface area (Å²) in [6.07, 6.45) is 3.74. The highest BCUT2D eigenvalue weighted by Crippen LogP contribution is 2.44. The number of likely N-dealkylation sites (tertiary alicyclic amines) is 1. The van der Waals surface area contributed by atoms with Gasteiger partial charge in [-0.25, -0.2) is 12.7 Å². The fourth-order valence-corrected chi connectivity index (χ4v) is 6.16. The van der Waals surface area contributed by atoms with Crippen LogP contribution in [0.5, 0.6) is 0 Å². The largest absolute Gasteiger partial charge is 0.396 e. The molecule has 2 aliphatic heterocycles. The molecule has 8 nitrogen and oxygen atoms in total. The van der Waals surface area contributed by atoms with Gasteiger partial charge < -0.3 is 10.0 Å². The van der Waals surface area contributed by atoms with Gasteiger partial charge in [-0.3, -0.25) is 9.89 Å². The lowest BCUT2D eigenvalue weighted by Crippen LogP contribution is -2.41. The Kier molecular flexibility index (Phi) is 4.80. The molecule has 2 atom stereocenters. The molecule has 9 heteroatoms. The first-order valence-corrected chi connectivity index (χ1v) is 11.4. The van der Waals surface area contributed by atoms with Crippen molar-refractivity contribution in [3.8, 4) is 0 Å². The molecule has 0 bridgehead atoms. The van der Waals surface area contributed by atoms with Crippen LogP contribution < -0.4 is 0 Å². The SMILES string of the molecule is CCCCS(=O)(=O)N1CC2CN(C(=O)c3cc(C4CC4)[nH]n3)CC2(CO)C1. The van der Waals surface area contributed by atoms with Crippen molar-refractivity contribution in [3.05, 3.63) is 17.5 Å². The molecule has 150 valence electrons. The molecule has 2 saturated heterocycles. The number of amides is 1. The van der Waals surface area contributed by atoms with E-state index >= 15 is 0 Å². The van der Waals surface area contributed by atoms with Gasteiger partial charge in [0.2, 0.25) is 10.0 Å². The maximum atomic E-state index is 12.8. The van der Waals surface area contributed by atoms with Crippen LogP contribution in [0.4, 0.5) is 0 Å². The molecule has 0 radical (unpaired) electrons. The fourth-order valence-electron chi connectivity index (χ4n) is 4.39. The summed E-state index contributed by atoms with van der Waals surface area (Å²) in [7, 11) is -3.30. The van der Waals surface area contributed by atoms with E-state index in [1.807, 2.05) is 13.0 Å². The normalized spacial score (nSPS) is 28.7. The van der Waals surface area contributed by atoms with Gasteiger partial charge in [0, 0.05) is 49.1 Å². The number of nitrogens with one attached hydrogen (secondary N) is 1. The number of sulfonamides is 1. The molecule has 2 unspecified atom stereocenters. The van der Waals surface area contributed by atoms with E-state index in [1.165, 1.54) is 4.31 Å². The highest BCUT2D eigenvalue weighted by atomic mass is 32.2. The summed E-state index contributed by atoms with van der Waals surface area (Å²) >= 11 is 0. The second-order valence-corrected chi connectivity index (χ2v) is 10.4. The molecule has 1 aromatic rings. The lowest BCUT2D eigenvalue weighted by Gasteiger charge is -2.27. The Morgan fingerprint density at radius 2 is 2.15 bits per heavy atom. The number of aromatic amines is 1. The zero-order chi connectivity index (χ0) is 19.2. The van der Waals surface area contributed by atoms with Crippen molar-refractivity contribution in [3.63, 3.8) is 0 Å². The van der Waals surface area contributed by atoms with Crippen molar-refractivity contribution in [2.75, 3.05) is 38.5 Å². The summed E-state index contributed by atoms with van der Waals surface area (Å²) in [5.74, 6) is 0.477. The molecule has 0 spiro atoms. The third-order valence-corrected chi connectivity index (χ3v) is 8.18. The maximum absolute atomic E-state index is 12.8. The van der Waals surface area contributed by atoms with Gasteiger partial charge in [-0.2, -0.15) is 5.10 Å². The third-order valence-electron chi connectivity index (χ3n) is 6.31. The monoisotopic (exact) mass is 396 g/mol. The van der Waals surface area contributed by atoms with Gasteiger partial charge in [0.1, 0.15) is 5.69 Å². The first kappa shape index (κ1) is 18.9. The number of aliphatic hydroxyl groups is 1. The number of rotatable bonds is 7. The van der Waals surface area contributed by atoms with E-state index in [2.05, 4.69) is 10.2 Å². The summed E-state index contributed by atoms with van der Waals surface area (Å²) in [6, 6.07) is 1.83. The number of hydrogen-bond acceptors (Lipinski definition) is 5. The van der Waals surface area contributed by atoms with Crippen LogP contribution in [0.15, 0.2) is 6.07 Å². The van der Waals surface area contributed by atoms with Gasteiger partial charge in [0.25, 0.3) is 5.91 Å². The summed E-state index contributed by atoms with van der Waals surface area (Å²) in [5, 5.41) is 17.2. The third kappa shape index (κ3) is 3.40. The lowest BCUT2D eigenvalue weighted by atomic mass is 9.82. The second-order valence-electron chi connectivity index (χ2n) is 8.35. The minimum Gasteiger partial charge on any atom is -0.396 e. The van der Waals surface area contributed by atoms with Crippen LogP contribution in [0.3, 0.4) is 0 Å². The maximum Gasteiger partial charge on any atom is 0.274 e. The molecule has 0 aromatic carbocycles. The molecule has 3 fully saturated rings. The minimum absolute atomic E-state index is 0.0373. The van der Waals surface area contributed by atoms with Gasteiger partial charge in [0.15, 0.2) is 0 Å². The molecular weight excluding hydrogens is 368 g/mol. The van der Waals surface area contributed by atoms with Crippen LogP contribution in [0.1, 0.15) is 54.7 Å². The van der Waals surface area contributed by atoms with Crippen molar-refractivity contribution in [2.24, 2.45) is 11.3 Å². The Bertz CT molecular complexity index is 819. The van der Waals surface area contributed by atoms with Crippen molar-refractivity contribution < 1.29 is 18.3 Å². The standard InChI is InChI=1S/C18H28N4O4S/c1-2-3-6-27(25,26)22-9-14-8-21(10-18(14,11-22)12-23)17(24)16-7-15(19-20-16)13-4-5-13/h7,13-14,23H,2-6,8-12H2,1H3,(H,19,20). The zero-order valence-corrected chi connectivity index (χ0v) is 16.5. The first-order valence-electron chi connectivity index (χ1n) is 9.82. The summed E-state index contributed by atoms with van der Waals surface area (Å²) < 4.78 is 26.6. The molecule has 2 N–H and O–H groups in total. The highest BCUT2D eigenvalue weighted by molar-refractivity contribution is 7.89. The molecule has 1 aromatic heterocycles. The van der Waals surface area contributed by atoms with Gasteiger partial charge >= 0.3 is 0 Å². The summed E-state index contributed by atoms with van der Waals surface area (Å²) in [5.41, 5.74) is 0.866. The van der Waals surface area contributed by atoms with E-state index in [1.54, 1.807) is 4.90 Å². The van der Waals surface area contributed by atoms with Gasteiger partial charge in [-0.15, -0.1) is 0 Å². The molecule has 1 aliphatic carbocycles. The van der Waals surface area contributed by atoms with Crippen LogP contribution in [-0.4, -0.2) is 77.4 Å². The number of fused-ring (bicyclic) bond motifs is 1. The average molecular weight is 397 g/mol. The Morgan fingerprint density at radius 1 is 1.37 bits per heavy atom. The van der Waals surface area contributed by atoms with Gasteiger partial charge in [-0.05, 0) is 25.3 Å². The number of aromatic nitrogens is 2. The number of hydrogen-bond donors (Lipinski definition) is 2. The van der Waals surface area contributed by atoms with Gasteiger partial charge in [0.05, 0.1) is 12.4 Å². The van der Waals surface area contributed by atoms with E-state index in [0.717, 1.165) is 25.0 Å². The van der Waals surface area contributed by atoms with E-state index in [9.17, 15) is 18.3 Å². The predicted octanol–water partition coefficient (Wildman–Crippen LogP) is 0.783. The summed E-state index contributed by atoms with van der Waals surface area (Å²) in [6.45, 7) is 3.36. The van der Waals surface area contributed by atoms with Crippen LogP contribution in [-0.2, 0) is 10.0 Å². The number of unbranched alkanes of at least 4 members (excludes halogenated alkanes) is 1. The van der Waals surface area contributed by atoms with Crippen molar-refractivity contribution in [1.82, 2.24) is 19.4 Å². The van der Waals surface area contributed by atoms with Crippen LogP contribution in [0, 0.1) is 11.3 Å². The summed E-state index contributed by atoms with van der Waals surface area (Å²) in [4.78, 5) is 14.6. The Morgan fingerprint density at radius 3 is 2.78 bits per heavy atom. The average Bonchev–Trinajstić information content (AvgIpc) is 3.11. The topological polar surface area (TPSA) is 107 Å². The van der Waals surface area contributed by atoms with Crippen molar-refractivity contribution in [1.29, 1.82) is 0 Å². The van der Waals surface area contributed by atoms with E-state index in [0.29, 0.717) is 37.7 Å². The zero-order valence-electron chi connectivity index (χ0n) is 15.7. The highest BCUT2D eigenvalue weighted by Gasteiger charge is 2.55. The van der Waals surface area contributed by atoms with Gasteiger partial charge in [-0.1, -0.05) is 13.3 Å². The quantitative estimate of drug-likeness (QED) is 0.708. The molecular formula is C18H28N4O4S. The number of nitrogens with zero attached hydrogens (tertiary/aromatic N) is 3. The minimum atomic E-state index is -3.30. The van der Waals surface area contributed by atoms with E-state index < -0.39 is 15.4 Å². The van der Waals surface area contributed by atoms with Crippen molar-refractivity contribution in [2.45, 2.75) is 38.5 Å². The molecule has 4 rings (SSSR count). The molecule has 1 amide bonds. The first-order chi connectivity index (χ1) is 12.9. The van der Waals surface area contributed by atoms with Crippen LogP contribution in [0.25, 0.3) is 0 Å². The smallest absolute Gasteiger partial charge is 0.274 e. The number of carbonyl (C=O) groups is 1. The molecule has 3 heterocycles. The van der Waals surface area contributed by atoms with Crippen LogP contribution >= 0.6 is 0 Å². The Hall–Kier alpha value is -1.45. The van der Waals surface area contributed by atoms with Crippen molar-refractivity contribution >= 4 is 15.9 Å². The predicted molar refractivity (Wildman–Crippen MR) is 99.7 cm³/mol. The number of carbonyl (C=O) groups excluding carboxylic acids is 1. The lowest BCUT2D eigenvalue weighted by molar-refractivity contribution is 0.0731. The molecule has 3 aliphatic rings. The van der Waals surface area contributed by atoms with Crippen LogP contribution in [0.2, 0.25) is 0 Å². The van der Waals surface area contributed by atoms with E-state index in [4.69, 9.17) is 0 Å². The fraction of sp³-hybridized carbons (Fsp3) is 0.778. The Balaban J connectivity index is 1.45.